The number of amides is 2. The van der Waals surface area contributed by atoms with Crippen LogP contribution in [0.25, 0.3) is 0 Å². The molecule has 1 aliphatic carbocycles. The molecule has 0 bridgehead atoms. The van der Waals surface area contributed by atoms with E-state index in [-0.39, 0.29) is 12.1 Å². The number of nitrogens with zero attached hydrogens (tertiary/aromatic N) is 2. The summed E-state index contributed by atoms with van der Waals surface area (Å²) >= 11 is 1.48. The molecular weight excluding hydrogens is 328 g/mol. The van der Waals surface area contributed by atoms with Crippen LogP contribution in [-0.2, 0) is 4.79 Å². The highest BCUT2D eigenvalue weighted by molar-refractivity contribution is 7.97. The highest BCUT2D eigenvalue weighted by Gasteiger charge is 2.34. The van der Waals surface area contributed by atoms with Crippen LogP contribution in [-0.4, -0.2) is 40.6 Å². The van der Waals surface area contributed by atoms with Gasteiger partial charge in [-0.15, -0.1) is 0 Å². The van der Waals surface area contributed by atoms with E-state index in [1.807, 2.05) is 10.4 Å². The predicted octanol–water partition coefficient (Wildman–Crippen LogP) is 3.75. The Kier molecular flexibility index (Phi) is 4.89. The Labute approximate surface area is 145 Å². The van der Waals surface area contributed by atoms with Gasteiger partial charge in [-0.2, -0.15) is 0 Å². The summed E-state index contributed by atoms with van der Waals surface area (Å²) < 4.78 is 7.30. The van der Waals surface area contributed by atoms with Crippen molar-refractivity contribution in [3.8, 4) is 5.75 Å². The van der Waals surface area contributed by atoms with Crippen LogP contribution in [0.15, 0.2) is 23.1 Å². The molecule has 1 aliphatic heterocycles. The van der Waals surface area contributed by atoms with E-state index in [0.29, 0.717) is 5.75 Å². The number of carbonyl (C=O) groups excluding carboxylic acids is 1. The lowest BCUT2D eigenvalue weighted by atomic mass is 9.95. The van der Waals surface area contributed by atoms with Gasteiger partial charge in [0.25, 0.3) is 0 Å². The molecule has 0 spiro atoms. The molecule has 130 valence electrons. The van der Waals surface area contributed by atoms with Gasteiger partial charge in [0.05, 0.1) is 10.6 Å². The van der Waals surface area contributed by atoms with Gasteiger partial charge in [0.1, 0.15) is 5.75 Å². The summed E-state index contributed by atoms with van der Waals surface area (Å²) in [6.07, 6.45) is 4.77. The van der Waals surface area contributed by atoms with Crippen LogP contribution < -0.4 is 9.64 Å². The Morgan fingerprint density at radius 1 is 1.33 bits per heavy atom. The van der Waals surface area contributed by atoms with Crippen molar-refractivity contribution < 1.29 is 19.4 Å². The molecule has 2 amide bonds. The molecule has 1 aromatic rings. The number of hydrogen-bond donors (Lipinski definition) is 1. The molecule has 6 nitrogen and oxygen atoms in total. The number of anilines is 1. The lowest BCUT2D eigenvalue weighted by Gasteiger charge is -2.39. The summed E-state index contributed by atoms with van der Waals surface area (Å²) in [5, 5.41) is 8.95. The fraction of sp³-hybridized carbons (Fsp3) is 0.529. The fourth-order valence-electron chi connectivity index (χ4n) is 3.11. The van der Waals surface area contributed by atoms with Gasteiger partial charge in [0.15, 0.2) is 6.10 Å². The van der Waals surface area contributed by atoms with Crippen LogP contribution in [0.2, 0.25) is 0 Å². The Hall–Kier alpha value is -1.89. The van der Waals surface area contributed by atoms with Gasteiger partial charge in [0, 0.05) is 19.2 Å². The van der Waals surface area contributed by atoms with Crippen LogP contribution in [0.1, 0.15) is 39.0 Å². The number of rotatable bonds is 4. The van der Waals surface area contributed by atoms with E-state index in [4.69, 9.17) is 9.84 Å². The second-order valence-electron chi connectivity index (χ2n) is 6.28. The second kappa shape index (κ2) is 6.93. The van der Waals surface area contributed by atoms with Crippen LogP contribution >= 0.6 is 11.9 Å². The quantitative estimate of drug-likeness (QED) is 0.838. The van der Waals surface area contributed by atoms with Crippen molar-refractivity contribution in [1.29, 1.82) is 0 Å². The lowest BCUT2D eigenvalue weighted by molar-refractivity contribution is -0.144. The third kappa shape index (κ3) is 3.31. The minimum absolute atomic E-state index is 0.0252. The second-order valence-corrected chi connectivity index (χ2v) is 7.29. The number of carboxylic acid groups (broad SMARTS) is 1. The number of ether oxygens (including phenoxy) is 1. The molecule has 0 unspecified atom stereocenters. The zero-order valence-corrected chi connectivity index (χ0v) is 14.7. The van der Waals surface area contributed by atoms with Gasteiger partial charge in [-0.05, 0) is 43.8 Å². The van der Waals surface area contributed by atoms with Gasteiger partial charge < -0.3 is 9.84 Å². The Morgan fingerprint density at radius 2 is 2.04 bits per heavy atom. The lowest BCUT2D eigenvalue weighted by Crippen LogP contribution is -2.46. The number of benzene rings is 1. The van der Waals surface area contributed by atoms with Gasteiger partial charge in [-0.1, -0.05) is 19.3 Å². The van der Waals surface area contributed by atoms with Crippen molar-refractivity contribution in [2.24, 2.45) is 0 Å². The number of hydrogen-bond acceptors (Lipinski definition) is 4. The summed E-state index contributed by atoms with van der Waals surface area (Å²) in [6, 6.07) is 5.65. The number of carboxylic acids is 1. The Morgan fingerprint density at radius 3 is 2.71 bits per heavy atom. The standard InChI is InChI=1S/C17H22N2O4S/c1-11(16(20)21)23-13-8-9-15-14(10-13)18(2)17(22)19(24-15)12-6-4-3-5-7-12/h8-12H,3-7H2,1-2H3,(H,20,21)/t11-/m1/s1. The zero-order chi connectivity index (χ0) is 17.3. The van der Waals surface area contributed by atoms with Gasteiger partial charge >= 0.3 is 12.0 Å². The average Bonchev–Trinajstić information content (AvgIpc) is 2.59. The highest BCUT2D eigenvalue weighted by Crippen LogP contribution is 2.43. The summed E-state index contributed by atoms with van der Waals surface area (Å²) in [4.78, 5) is 26.3. The minimum atomic E-state index is -1.02. The van der Waals surface area contributed by atoms with Gasteiger partial charge in [-0.25, -0.2) is 9.59 Å². The molecule has 24 heavy (non-hydrogen) atoms. The summed E-state index contributed by atoms with van der Waals surface area (Å²) in [5.74, 6) is -0.565. The van der Waals surface area contributed by atoms with Crippen molar-refractivity contribution >= 4 is 29.6 Å². The molecular formula is C17H22N2O4S. The molecule has 3 rings (SSSR count). The normalized spacial score (nSPS) is 19.8. The maximum absolute atomic E-state index is 12.7. The van der Waals surface area contributed by atoms with E-state index in [2.05, 4.69) is 0 Å². The first-order chi connectivity index (χ1) is 11.5. The molecule has 0 saturated heterocycles. The van der Waals surface area contributed by atoms with Crippen molar-refractivity contribution in [2.75, 3.05) is 11.9 Å². The monoisotopic (exact) mass is 350 g/mol. The van der Waals surface area contributed by atoms with Gasteiger partial charge in [-0.3, -0.25) is 9.21 Å². The Bertz CT molecular complexity index is 645. The third-order valence-electron chi connectivity index (χ3n) is 4.53. The molecule has 2 aliphatic rings. The first-order valence-electron chi connectivity index (χ1n) is 8.26. The Balaban J connectivity index is 1.81. The molecule has 1 fully saturated rings. The summed E-state index contributed by atoms with van der Waals surface area (Å²) in [5.41, 5.74) is 0.757. The number of fused-ring (bicyclic) bond motifs is 1. The molecule has 1 saturated carbocycles. The molecule has 1 heterocycles. The summed E-state index contributed by atoms with van der Waals surface area (Å²) in [6.45, 7) is 1.48. The first kappa shape index (κ1) is 17.0. The maximum Gasteiger partial charge on any atom is 0.344 e. The maximum atomic E-state index is 12.7. The van der Waals surface area contributed by atoms with E-state index in [1.54, 1.807) is 24.1 Å². The van der Waals surface area contributed by atoms with E-state index in [0.717, 1.165) is 23.4 Å². The molecule has 0 aromatic heterocycles. The largest absolute Gasteiger partial charge is 0.479 e. The fourth-order valence-corrected chi connectivity index (χ4v) is 4.30. The molecule has 0 radical (unpaired) electrons. The van der Waals surface area contributed by atoms with Crippen molar-refractivity contribution in [3.63, 3.8) is 0 Å². The van der Waals surface area contributed by atoms with Crippen LogP contribution in [0, 0.1) is 0 Å². The van der Waals surface area contributed by atoms with Crippen LogP contribution in [0.3, 0.4) is 0 Å². The zero-order valence-electron chi connectivity index (χ0n) is 13.9. The van der Waals surface area contributed by atoms with E-state index in [1.165, 1.54) is 38.1 Å². The van der Waals surface area contributed by atoms with Gasteiger partial charge in [0.2, 0.25) is 0 Å². The van der Waals surface area contributed by atoms with Crippen LogP contribution in [0.4, 0.5) is 10.5 Å². The molecule has 1 N–H and O–H groups in total. The van der Waals surface area contributed by atoms with E-state index in [9.17, 15) is 9.59 Å². The average molecular weight is 350 g/mol. The topological polar surface area (TPSA) is 70.1 Å². The molecule has 1 atom stereocenters. The number of carbonyl (C=O) groups is 2. The van der Waals surface area contributed by atoms with E-state index >= 15 is 0 Å². The molecule has 7 heteroatoms. The van der Waals surface area contributed by atoms with Crippen LogP contribution in [0.5, 0.6) is 5.75 Å². The smallest absolute Gasteiger partial charge is 0.344 e. The highest BCUT2D eigenvalue weighted by atomic mass is 32.2. The minimum Gasteiger partial charge on any atom is -0.479 e. The molecule has 1 aromatic carbocycles. The number of urea groups is 1. The number of aliphatic carboxylic acids is 1. The summed E-state index contributed by atoms with van der Waals surface area (Å²) in [7, 11) is 1.75. The van der Waals surface area contributed by atoms with E-state index < -0.39 is 12.1 Å². The van der Waals surface area contributed by atoms with Crippen molar-refractivity contribution in [3.05, 3.63) is 18.2 Å². The van der Waals surface area contributed by atoms with Crippen molar-refractivity contribution in [1.82, 2.24) is 4.31 Å². The first-order valence-corrected chi connectivity index (χ1v) is 9.03. The predicted molar refractivity (Wildman–Crippen MR) is 92.5 cm³/mol. The van der Waals surface area contributed by atoms with Crippen molar-refractivity contribution in [2.45, 2.75) is 56.1 Å². The third-order valence-corrected chi connectivity index (χ3v) is 5.72. The SMILES string of the molecule is C[C@@H](Oc1ccc2c(c1)N(C)C(=O)N(C1CCCCC1)S2)C(=O)O.